The molecule has 1 fully saturated rings. The summed E-state index contributed by atoms with van der Waals surface area (Å²) in [6, 6.07) is 21.0. The van der Waals surface area contributed by atoms with Gasteiger partial charge in [0.2, 0.25) is 0 Å². The lowest BCUT2D eigenvalue weighted by Crippen LogP contribution is -2.36. The molecule has 0 aliphatic carbocycles. The van der Waals surface area contributed by atoms with Crippen LogP contribution in [0.2, 0.25) is 0 Å². The summed E-state index contributed by atoms with van der Waals surface area (Å²) in [5.74, 6) is -0.475. The molecule has 0 spiro atoms. The zero-order valence-electron chi connectivity index (χ0n) is 21.3. The highest BCUT2D eigenvalue weighted by atomic mass is 32.1. The summed E-state index contributed by atoms with van der Waals surface area (Å²) in [4.78, 5) is 19.3. The fourth-order valence-electron chi connectivity index (χ4n) is 4.05. The highest BCUT2D eigenvalue weighted by Gasteiger charge is 2.25. The standard InChI is InChI=1S/C29H31F2N4O2PS/c30-29(31,38)24-7-2-5-22(19-24)27(36)34-25-8-3-6-23(20-25)28(39)33-13-12-32-11-10-21-4-1-9-26(18-21)35-14-16-37-17-15-35/h1-9,11-13,18-20,28,33,39H,10,14-17,38H2,(H,34,36)/b13-12+,32-11-. The van der Waals surface area contributed by atoms with Gasteiger partial charge in [-0.3, -0.25) is 9.79 Å². The molecule has 39 heavy (non-hydrogen) atoms. The Kier molecular flexibility index (Phi) is 10.1. The highest BCUT2D eigenvalue weighted by Crippen LogP contribution is 2.35. The van der Waals surface area contributed by atoms with Crippen molar-refractivity contribution in [2.45, 2.75) is 17.5 Å². The van der Waals surface area contributed by atoms with Crippen molar-refractivity contribution in [2.24, 2.45) is 4.99 Å². The molecule has 1 heterocycles. The van der Waals surface area contributed by atoms with Gasteiger partial charge in [-0.05, 0) is 47.5 Å². The molecule has 1 saturated heterocycles. The van der Waals surface area contributed by atoms with E-state index in [1.165, 1.54) is 44.8 Å². The minimum absolute atomic E-state index is 0.147. The van der Waals surface area contributed by atoms with E-state index < -0.39 is 11.6 Å². The number of amides is 1. The average molecular weight is 569 g/mol. The van der Waals surface area contributed by atoms with Gasteiger partial charge in [-0.15, -0.1) is 12.6 Å². The van der Waals surface area contributed by atoms with Crippen molar-refractivity contribution in [1.82, 2.24) is 5.32 Å². The maximum atomic E-state index is 13.6. The minimum Gasteiger partial charge on any atom is -0.378 e. The van der Waals surface area contributed by atoms with Crippen LogP contribution in [0.15, 0.2) is 90.2 Å². The number of alkyl halides is 2. The number of aliphatic imine (C=N–C) groups is 1. The molecule has 1 aliphatic heterocycles. The second-order valence-corrected chi connectivity index (χ2v) is 10.2. The number of thiol groups is 1. The van der Waals surface area contributed by atoms with Crippen LogP contribution >= 0.6 is 21.9 Å². The number of anilines is 2. The number of carbonyl (C=O) groups excluding carboxylic acids is 1. The Hall–Kier alpha value is -3.26. The van der Waals surface area contributed by atoms with Crippen LogP contribution in [0.5, 0.6) is 0 Å². The van der Waals surface area contributed by atoms with Crippen LogP contribution in [0.25, 0.3) is 0 Å². The Morgan fingerprint density at radius 3 is 2.67 bits per heavy atom. The van der Waals surface area contributed by atoms with Gasteiger partial charge in [-0.1, -0.05) is 45.6 Å². The van der Waals surface area contributed by atoms with Crippen LogP contribution in [-0.4, -0.2) is 38.4 Å². The number of benzene rings is 3. The molecule has 3 aromatic carbocycles. The number of nitrogens with one attached hydrogen (secondary N) is 2. The van der Waals surface area contributed by atoms with E-state index in [9.17, 15) is 13.6 Å². The molecule has 4 rings (SSSR count). The largest absolute Gasteiger partial charge is 0.378 e. The average Bonchev–Trinajstić information content (AvgIpc) is 2.95. The number of ether oxygens (including phenoxy) is 1. The molecule has 6 nitrogen and oxygen atoms in total. The van der Waals surface area contributed by atoms with Gasteiger partial charge in [0.05, 0.1) is 18.6 Å². The third-order valence-electron chi connectivity index (χ3n) is 6.10. The molecule has 2 atom stereocenters. The fraction of sp³-hybridized carbons (Fsp3) is 0.241. The van der Waals surface area contributed by atoms with E-state index >= 15 is 0 Å². The van der Waals surface area contributed by atoms with Crippen molar-refractivity contribution in [3.05, 3.63) is 107 Å². The van der Waals surface area contributed by atoms with Gasteiger partial charge in [0.25, 0.3) is 11.6 Å². The van der Waals surface area contributed by atoms with Crippen molar-refractivity contribution < 1.29 is 18.3 Å². The first-order valence-corrected chi connectivity index (χ1v) is 13.6. The van der Waals surface area contributed by atoms with Crippen LogP contribution in [0.3, 0.4) is 0 Å². The quantitative estimate of drug-likeness (QED) is 0.121. The summed E-state index contributed by atoms with van der Waals surface area (Å²) < 4.78 is 32.6. The molecule has 0 radical (unpaired) electrons. The molecular weight excluding hydrogens is 537 g/mol. The lowest BCUT2D eigenvalue weighted by atomic mass is 10.1. The van der Waals surface area contributed by atoms with Crippen LogP contribution in [-0.2, 0) is 16.8 Å². The van der Waals surface area contributed by atoms with E-state index in [1.807, 2.05) is 12.3 Å². The van der Waals surface area contributed by atoms with Gasteiger partial charge >= 0.3 is 0 Å². The Balaban J connectivity index is 1.27. The van der Waals surface area contributed by atoms with E-state index in [0.29, 0.717) is 12.1 Å². The highest BCUT2D eigenvalue weighted by molar-refractivity contribution is 7.80. The number of morpholine rings is 1. The molecule has 2 N–H and O–H groups in total. The molecule has 1 amide bonds. The van der Waals surface area contributed by atoms with Crippen LogP contribution in [0.4, 0.5) is 20.2 Å². The third-order valence-corrected chi connectivity index (χ3v) is 6.88. The topological polar surface area (TPSA) is 66.0 Å². The van der Waals surface area contributed by atoms with Crippen molar-refractivity contribution >= 4 is 45.4 Å². The molecule has 0 saturated carbocycles. The van der Waals surface area contributed by atoms with Crippen LogP contribution < -0.4 is 15.5 Å². The second-order valence-electron chi connectivity index (χ2n) is 8.97. The molecule has 0 aromatic heterocycles. The predicted octanol–water partition coefficient (Wildman–Crippen LogP) is 6.00. The predicted molar refractivity (Wildman–Crippen MR) is 160 cm³/mol. The Labute approximate surface area is 235 Å². The SMILES string of the molecule is O=C(Nc1cccc(C(S)N/C=C/N=C\Cc2cccc(N3CCOCC3)c2)c1)c1cccc(C(F)(F)P)c1. The van der Waals surface area contributed by atoms with Gasteiger partial charge in [-0.2, -0.15) is 8.78 Å². The maximum Gasteiger partial charge on any atom is 0.283 e. The lowest BCUT2D eigenvalue weighted by molar-refractivity contribution is 0.101. The van der Waals surface area contributed by atoms with Gasteiger partial charge in [0, 0.05) is 60.6 Å². The van der Waals surface area contributed by atoms with Crippen molar-refractivity contribution in [2.75, 3.05) is 36.5 Å². The summed E-state index contributed by atoms with van der Waals surface area (Å²) in [6.45, 7) is 3.32. The van der Waals surface area contributed by atoms with Gasteiger partial charge in [0.1, 0.15) is 0 Å². The van der Waals surface area contributed by atoms with E-state index in [2.05, 4.69) is 57.4 Å². The van der Waals surface area contributed by atoms with Crippen molar-refractivity contribution in [1.29, 1.82) is 0 Å². The summed E-state index contributed by atoms with van der Waals surface area (Å²) in [7, 11) is 1.48. The monoisotopic (exact) mass is 568 g/mol. The molecule has 1 aliphatic rings. The van der Waals surface area contributed by atoms with Gasteiger partial charge in [0.15, 0.2) is 0 Å². The lowest BCUT2D eigenvalue weighted by Gasteiger charge is -2.29. The van der Waals surface area contributed by atoms with Gasteiger partial charge in [-0.25, -0.2) is 0 Å². The molecule has 2 unspecified atom stereocenters. The number of nitrogens with zero attached hydrogens (tertiary/aromatic N) is 2. The zero-order chi connectivity index (χ0) is 27.7. The summed E-state index contributed by atoms with van der Waals surface area (Å²) in [5.41, 5.74) is 0.528. The number of hydrogen-bond acceptors (Lipinski definition) is 6. The molecular formula is C29H31F2N4O2PS. The Morgan fingerprint density at radius 1 is 1.10 bits per heavy atom. The van der Waals surface area contributed by atoms with E-state index in [1.54, 1.807) is 30.6 Å². The minimum atomic E-state index is -3.10. The number of hydrogen-bond donors (Lipinski definition) is 3. The Morgan fingerprint density at radius 2 is 1.87 bits per heavy atom. The fourth-order valence-corrected chi connectivity index (χ4v) is 4.48. The molecule has 3 aromatic rings. The summed E-state index contributed by atoms with van der Waals surface area (Å²) >= 11 is 4.59. The summed E-state index contributed by atoms with van der Waals surface area (Å²) in [6.07, 6.45) is 5.93. The first-order chi connectivity index (χ1) is 18.8. The van der Waals surface area contributed by atoms with Gasteiger partial charge < -0.3 is 20.3 Å². The number of halogens is 2. The van der Waals surface area contributed by atoms with E-state index in [0.717, 1.165) is 31.9 Å². The van der Waals surface area contributed by atoms with Crippen LogP contribution in [0.1, 0.15) is 32.4 Å². The van der Waals surface area contributed by atoms with Crippen LogP contribution in [0, 0.1) is 0 Å². The normalized spacial score (nSPS) is 15.0. The van der Waals surface area contributed by atoms with E-state index in [4.69, 9.17) is 4.74 Å². The van der Waals surface area contributed by atoms with E-state index in [-0.39, 0.29) is 16.5 Å². The van der Waals surface area contributed by atoms with Crippen molar-refractivity contribution in [3.8, 4) is 0 Å². The molecule has 204 valence electrons. The molecule has 0 bridgehead atoms. The second kappa shape index (κ2) is 13.7. The maximum absolute atomic E-state index is 13.6. The first-order valence-electron chi connectivity index (χ1n) is 12.5. The smallest absolute Gasteiger partial charge is 0.283 e. The Bertz CT molecular complexity index is 1330. The first kappa shape index (κ1) is 28.7. The third kappa shape index (κ3) is 8.62. The number of rotatable bonds is 10. The van der Waals surface area contributed by atoms with Crippen molar-refractivity contribution in [3.63, 3.8) is 0 Å². The zero-order valence-corrected chi connectivity index (χ0v) is 23.3. The summed E-state index contributed by atoms with van der Waals surface area (Å²) in [5, 5.41) is 5.54. The number of carbonyl (C=O) groups is 1. The molecule has 10 heteroatoms.